The standard InChI is InChI=1S/C21H25FN2OS/c1-21(2)19(13-7-9-24(21)10-8-13)23-20(25)16-11-14-5-6-15(22)17(12-3-4-12)18(14)26-16/h5-6,11-13,19H,3-4,7-10H2,1-2H3,(H,23,25). The Morgan fingerprint density at radius 1 is 1.23 bits per heavy atom. The predicted molar refractivity (Wildman–Crippen MR) is 103 cm³/mol. The van der Waals surface area contributed by atoms with E-state index >= 15 is 0 Å². The number of halogens is 1. The topological polar surface area (TPSA) is 32.3 Å². The lowest BCUT2D eigenvalue weighted by molar-refractivity contribution is -0.0377. The molecule has 5 heteroatoms. The van der Waals surface area contributed by atoms with Crippen LogP contribution in [0.2, 0.25) is 0 Å². The average molecular weight is 373 g/mol. The summed E-state index contributed by atoms with van der Waals surface area (Å²) in [4.78, 5) is 16.2. The molecule has 1 saturated carbocycles. The molecule has 3 aliphatic heterocycles. The van der Waals surface area contributed by atoms with Crippen LogP contribution in [-0.4, -0.2) is 35.5 Å². The van der Waals surface area contributed by atoms with Crippen molar-refractivity contribution in [2.75, 3.05) is 13.1 Å². The summed E-state index contributed by atoms with van der Waals surface area (Å²) in [6.45, 7) is 6.76. The van der Waals surface area contributed by atoms with Crippen LogP contribution in [0, 0.1) is 11.7 Å². The van der Waals surface area contributed by atoms with Crippen LogP contribution in [0.4, 0.5) is 4.39 Å². The van der Waals surface area contributed by atoms with E-state index in [0.717, 1.165) is 54.4 Å². The van der Waals surface area contributed by atoms with Gasteiger partial charge in [0.05, 0.1) is 4.88 Å². The van der Waals surface area contributed by atoms with Crippen LogP contribution in [0.1, 0.15) is 60.7 Å². The van der Waals surface area contributed by atoms with E-state index in [2.05, 4.69) is 24.1 Å². The van der Waals surface area contributed by atoms with Gasteiger partial charge < -0.3 is 5.32 Å². The first-order valence-corrected chi connectivity index (χ1v) is 10.5. The molecule has 4 fully saturated rings. The molecule has 1 amide bonds. The van der Waals surface area contributed by atoms with Gasteiger partial charge in [0.1, 0.15) is 5.82 Å². The Kier molecular flexibility index (Phi) is 3.70. The average Bonchev–Trinajstić information content (AvgIpc) is 3.35. The lowest BCUT2D eigenvalue weighted by atomic mass is 9.72. The summed E-state index contributed by atoms with van der Waals surface area (Å²) in [5, 5.41) is 4.33. The molecule has 138 valence electrons. The molecule has 1 N–H and O–H groups in total. The molecule has 4 aliphatic rings. The second kappa shape index (κ2) is 5.77. The highest BCUT2D eigenvalue weighted by Gasteiger charge is 2.48. The molecular formula is C21H25FN2OS. The number of carbonyl (C=O) groups is 1. The van der Waals surface area contributed by atoms with Gasteiger partial charge in [0, 0.05) is 21.8 Å². The van der Waals surface area contributed by atoms with Crippen molar-refractivity contribution < 1.29 is 9.18 Å². The Balaban J connectivity index is 1.45. The molecule has 1 unspecified atom stereocenters. The van der Waals surface area contributed by atoms with E-state index < -0.39 is 0 Å². The van der Waals surface area contributed by atoms with Gasteiger partial charge in [-0.1, -0.05) is 6.07 Å². The van der Waals surface area contributed by atoms with Crippen molar-refractivity contribution in [3.05, 3.63) is 34.5 Å². The third-order valence-electron chi connectivity index (χ3n) is 6.76. The maximum absolute atomic E-state index is 14.3. The molecular weight excluding hydrogens is 347 g/mol. The Morgan fingerprint density at radius 3 is 2.62 bits per heavy atom. The zero-order valence-electron chi connectivity index (χ0n) is 15.3. The zero-order valence-corrected chi connectivity index (χ0v) is 16.2. The van der Waals surface area contributed by atoms with Gasteiger partial charge in [-0.25, -0.2) is 4.39 Å². The fraction of sp³-hybridized carbons (Fsp3) is 0.571. The maximum atomic E-state index is 14.3. The largest absolute Gasteiger partial charge is 0.346 e. The molecule has 3 nitrogen and oxygen atoms in total. The molecule has 2 aromatic rings. The molecule has 0 radical (unpaired) electrons. The maximum Gasteiger partial charge on any atom is 0.261 e. The molecule has 26 heavy (non-hydrogen) atoms. The number of benzene rings is 1. The molecule has 0 spiro atoms. The molecule has 1 aromatic heterocycles. The number of nitrogens with one attached hydrogen (secondary N) is 1. The first-order valence-electron chi connectivity index (χ1n) is 9.73. The number of nitrogens with zero attached hydrogens (tertiary/aromatic N) is 1. The van der Waals surface area contributed by atoms with Crippen LogP contribution in [0.5, 0.6) is 0 Å². The Morgan fingerprint density at radius 2 is 1.96 bits per heavy atom. The van der Waals surface area contributed by atoms with E-state index in [1.54, 1.807) is 6.07 Å². The number of piperidine rings is 3. The van der Waals surface area contributed by atoms with Gasteiger partial charge in [-0.05, 0) is 82.0 Å². The van der Waals surface area contributed by atoms with Crippen molar-refractivity contribution in [2.45, 2.75) is 57.0 Å². The first-order chi connectivity index (χ1) is 12.4. The lowest BCUT2D eigenvalue weighted by Gasteiger charge is -2.56. The number of rotatable bonds is 3. The summed E-state index contributed by atoms with van der Waals surface area (Å²) in [5.74, 6) is 0.786. The van der Waals surface area contributed by atoms with E-state index in [1.165, 1.54) is 11.3 Å². The summed E-state index contributed by atoms with van der Waals surface area (Å²) in [5.41, 5.74) is 0.827. The Labute approximate surface area is 157 Å². The van der Waals surface area contributed by atoms with Gasteiger partial charge in [0.2, 0.25) is 0 Å². The third kappa shape index (κ3) is 2.51. The molecule has 4 heterocycles. The van der Waals surface area contributed by atoms with Crippen molar-refractivity contribution in [2.24, 2.45) is 5.92 Å². The summed E-state index contributed by atoms with van der Waals surface area (Å²) in [6, 6.07) is 5.49. The fourth-order valence-corrected chi connectivity index (χ4v) is 6.23. The summed E-state index contributed by atoms with van der Waals surface area (Å²) in [6.07, 6.45) is 4.45. The number of amides is 1. The molecule has 1 aromatic carbocycles. The van der Waals surface area contributed by atoms with Crippen LogP contribution < -0.4 is 5.32 Å². The van der Waals surface area contributed by atoms with Crippen molar-refractivity contribution in [1.82, 2.24) is 10.2 Å². The van der Waals surface area contributed by atoms with Gasteiger partial charge in [0.15, 0.2) is 0 Å². The van der Waals surface area contributed by atoms with Crippen LogP contribution >= 0.6 is 11.3 Å². The SMILES string of the molecule is CC1(C)C(NC(=O)c2cc3ccc(F)c(C4CC4)c3s2)C2CCN1CC2. The molecule has 2 bridgehead atoms. The van der Waals surface area contributed by atoms with Gasteiger partial charge in [-0.2, -0.15) is 0 Å². The molecule has 1 aliphatic carbocycles. The van der Waals surface area contributed by atoms with E-state index in [9.17, 15) is 9.18 Å². The minimum atomic E-state index is -0.118. The normalized spacial score (nSPS) is 29.9. The second-order valence-electron chi connectivity index (χ2n) is 8.69. The number of thiophene rings is 1. The minimum absolute atomic E-state index is 0.000167. The van der Waals surface area contributed by atoms with Gasteiger partial charge in [0.25, 0.3) is 5.91 Å². The summed E-state index contributed by atoms with van der Waals surface area (Å²) >= 11 is 1.46. The number of hydrogen-bond acceptors (Lipinski definition) is 3. The third-order valence-corrected chi connectivity index (χ3v) is 7.94. The molecule has 1 atom stereocenters. The Bertz CT molecular complexity index is 878. The van der Waals surface area contributed by atoms with Crippen molar-refractivity contribution in [3.63, 3.8) is 0 Å². The molecule has 3 saturated heterocycles. The highest BCUT2D eigenvalue weighted by atomic mass is 32.1. The smallest absolute Gasteiger partial charge is 0.261 e. The summed E-state index contributed by atoms with van der Waals surface area (Å²) in [7, 11) is 0. The molecule has 6 rings (SSSR count). The van der Waals surface area contributed by atoms with Crippen molar-refractivity contribution in [1.29, 1.82) is 0 Å². The zero-order chi connectivity index (χ0) is 18.1. The first kappa shape index (κ1) is 16.7. The van der Waals surface area contributed by atoms with E-state index in [0.29, 0.717) is 16.7 Å². The highest BCUT2D eigenvalue weighted by Crippen LogP contribution is 2.46. The van der Waals surface area contributed by atoms with Gasteiger partial charge in [-0.15, -0.1) is 11.3 Å². The Hall–Kier alpha value is -1.46. The highest BCUT2D eigenvalue weighted by molar-refractivity contribution is 7.21. The monoisotopic (exact) mass is 372 g/mol. The van der Waals surface area contributed by atoms with Crippen molar-refractivity contribution in [3.8, 4) is 0 Å². The van der Waals surface area contributed by atoms with Gasteiger partial charge in [-0.3, -0.25) is 9.69 Å². The lowest BCUT2D eigenvalue weighted by Crippen LogP contribution is -2.69. The van der Waals surface area contributed by atoms with E-state index in [-0.39, 0.29) is 23.3 Å². The second-order valence-corrected chi connectivity index (χ2v) is 9.75. The van der Waals surface area contributed by atoms with Crippen LogP contribution in [0.3, 0.4) is 0 Å². The van der Waals surface area contributed by atoms with Crippen LogP contribution in [0.15, 0.2) is 18.2 Å². The number of fused-ring (bicyclic) bond motifs is 4. The van der Waals surface area contributed by atoms with Crippen molar-refractivity contribution >= 4 is 27.3 Å². The van der Waals surface area contributed by atoms with E-state index in [1.807, 2.05) is 12.1 Å². The van der Waals surface area contributed by atoms with Crippen LogP contribution in [-0.2, 0) is 0 Å². The fourth-order valence-electron chi connectivity index (χ4n) is 5.05. The predicted octanol–water partition coefficient (Wildman–Crippen LogP) is 4.52. The van der Waals surface area contributed by atoms with E-state index in [4.69, 9.17) is 0 Å². The summed E-state index contributed by atoms with van der Waals surface area (Å²) < 4.78 is 15.3. The number of hydrogen-bond donors (Lipinski definition) is 1. The van der Waals surface area contributed by atoms with Gasteiger partial charge >= 0.3 is 0 Å². The minimum Gasteiger partial charge on any atom is -0.346 e. The number of carbonyl (C=O) groups excluding carboxylic acids is 1. The quantitative estimate of drug-likeness (QED) is 0.859. The van der Waals surface area contributed by atoms with Crippen LogP contribution in [0.25, 0.3) is 10.1 Å².